The molecule has 0 saturated carbocycles. The first-order valence-electron chi connectivity index (χ1n) is 7.27. The molecule has 0 aliphatic rings. The van der Waals surface area contributed by atoms with Crippen LogP contribution in [0.2, 0.25) is 0 Å². The normalized spacial score (nSPS) is 18.3. The minimum absolute atomic E-state index is 0.211. The first kappa shape index (κ1) is 18.8. The van der Waals surface area contributed by atoms with Crippen LogP contribution in [-0.4, -0.2) is 70.4 Å². The first-order chi connectivity index (χ1) is 8.93. The van der Waals surface area contributed by atoms with E-state index in [0.29, 0.717) is 6.54 Å². The molecule has 0 bridgehead atoms. The van der Waals surface area contributed by atoms with Crippen molar-refractivity contribution in [3.8, 4) is 0 Å². The zero-order valence-corrected chi connectivity index (χ0v) is 12.5. The lowest BCUT2D eigenvalue weighted by molar-refractivity contribution is -0.0908. The molecule has 0 aromatic rings. The van der Waals surface area contributed by atoms with Crippen LogP contribution in [0, 0.1) is 5.92 Å². The minimum Gasteiger partial charge on any atom is -0.396 e. The molecule has 19 heavy (non-hydrogen) atoms. The molecule has 4 atom stereocenters. The number of hydrogen-bond acceptors (Lipinski definition) is 5. The molecular weight excluding hydrogens is 246 g/mol. The van der Waals surface area contributed by atoms with Crippen molar-refractivity contribution in [2.75, 3.05) is 26.7 Å². The Morgan fingerprint density at radius 1 is 1.00 bits per heavy atom. The summed E-state index contributed by atoms with van der Waals surface area (Å²) in [5.41, 5.74) is 0. The van der Waals surface area contributed by atoms with Crippen LogP contribution >= 0.6 is 0 Å². The summed E-state index contributed by atoms with van der Waals surface area (Å²) in [5, 5.41) is 38.3. The van der Waals surface area contributed by atoms with Gasteiger partial charge in [0.15, 0.2) is 0 Å². The molecule has 5 heteroatoms. The van der Waals surface area contributed by atoms with Crippen LogP contribution in [-0.2, 0) is 0 Å². The zero-order valence-electron chi connectivity index (χ0n) is 12.5. The highest BCUT2D eigenvalue weighted by Gasteiger charge is 2.29. The molecule has 0 rings (SSSR count). The van der Waals surface area contributed by atoms with Gasteiger partial charge in [-0.05, 0) is 20.0 Å². The maximum Gasteiger partial charge on any atom is 0.107 e. The van der Waals surface area contributed by atoms with Crippen LogP contribution in [0.5, 0.6) is 0 Å². The number of hydrogen-bond donors (Lipinski definition) is 4. The number of unbranched alkanes of at least 4 members (excludes halogenated alkanes) is 3. The predicted molar refractivity (Wildman–Crippen MR) is 75.9 cm³/mol. The zero-order chi connectivity index (χ0) is 14.8. The Morgan fingerprint density at radius 2 is 1.63 bits per heavy atom. The molecular formula is C14H31NO4. The van der Waals surface area contributed by atoms with Gasteiger partial charge in [0.2, 0.25) is 0 Å². The lowest BCUT2D eigenvalue weighted by Gasteiger charge is -2.29. The molecule has 0 aliphatic heterocycles. The van der Waals surface area contributed by atoms with Crippen molar-refractivity contribution < 1.29 is 20.4 Å². The van der Waals surface area contributed by atoms with Crippen molar-refractivity contribution >= 4 is 0 Å². The second-order valence-electron chi connectivity index (χ2n) is 5.53. The van der Waals surface area contributed by atoms with Crippen molar-refractivity contribution in [1.29, 1.82) is 0 Å². The summed E-state index contributed by atoms with van der Waals surface area (Å²) in [6.07, 6.45) is 1.32. The van der Waals surface area contributed by atoms with Gasteiger partial charge in [-0.3, -0.25) is 0 Å². The van der Waals surface area contributed by atoms with E-state index in [0.717, 1.165) is 13.0 Å². The third-order valence-electron chi connectivity index (χ3n) is 3.51. The van der Waals surface area contributed by atoms with E-state index >= 15 is 0 Å². The molecule has 4 N–H and O–H groups in total. The lowest BCUT2D eigenvalue weighted by atomic mass is 9.97. The van der Waals surface area contributed by atoms with Crippen LogP contribution < -0.4 is 0 Å². The standard InChI is InChI=1S/C14H31NO4/c1-4-5-6-7-8-15(3)9-12(17)14(19)13(18)11(2)10-16/h11-14,16-19H,4-10H2,1-3H3/t11-,12+,13-,14-/m1/s1. The topological polar surface area (TPSA) is 84.2 Å². The Morgan fingerprint density at radius 3 is 2.16 bits per heavy atom. The third kappa shape index (κ3) is 7.84. The van der Waals surface area contributed by atoms with Crippen molar-refractivity contribution in [2.24, 2.45) is 5.92 Å². The molecule has 0 spiro atoms. The minimum atomic E-state index is -1.22. The van der Waals surface area contributed by atoms with Crippen LogP contribution in [0.15, 0.2) is 0 Å². The molecule has 0 heterocycles. The molecule has 0 aromatic heterocycles. The van der Waals surface area contributed by atoms with Gasteiger partial charge >= 0.3 is 0 Å². The summed E-state index contributed by atoms with van der Waals surface area (Å²) < 4.78 is 0. The highest BCUT2D eigenvalue weighted by molar-refractivity contribution is 4.80. The maximum absolute atomic E-state index is 9.87. The average Bonchev–Trinajstić information content (AvgIpc) is 2.40. The van der Waals surface area contributed by atoms with Gasteiger partial charge in [-0.2, -0.15) is 0 Å². The van der Waals surface area contributed by atoms with E-state index in [9.17, 15) is 15.3 Å². The van der Waals surface area contributed by atoms with Crippen molar-refractivity contribution in [3.63, 3.8) is 0 Å². The van der Waals surface area contributed by atoms with E-state index in [2.05, 4.69) is 6.92 Å². The summed E-state index contributed by atoms with van der Waals surface area (Å²) in [6.45, 7) is 4.78. The first-order valence-corrected chi connectivity index (χ1v) is 7.27. The van der Waals surface area contributed by atoms with Gasteiger partial charge in [0.1, 0.15) is 6.10 Å². The van der Waals surface area contributed by atoms with Gasteiger partial charge in [0.25, 0.3) is 0 Å². The fourth-order valence-corrected chi connectivity index (χ4v) is 2.00. The summed E-state index contributed by atoms with van der Waals surface area (Å²) in [6, 6.07) is 0. The monoisotopic (exact) mass is 277 g/mol. The van der Waals surface area contributed by atoms with Gasteiger partial charge in [-0.1, -0.05) is 33.1 Å². The number of likely N-dealkylation sites (N-methyl/N-ethyl adjacent to an activating group) is 1. The van der Waals surface area contributed by atoms with E-state index in [1.807, 2.05) is 11.9 Å². The Kier molecular flexibility index (Phi) is 10.5. The van der Waals surface area contributed by atoms with E-state index in [1.54, 1.807) is 6.92 Å². The highest BCUT2D eigenvalue weighted by Crippen LogP contribution is 2.11. The number of aliphatic hydroxyl groups excluding tert-OH is 4. The molecule has 5 nitrogen and oxygen atoms in total. The second-order valence-corrected chi connectivity index (χ2v) is 5.53. The SMILES string of the molecule is CCCCCCN(C)C[C@H](O)[C@@H](O)[C@H](O)[C@H](C)CO. The predicted octanol–water partition coefficient (Wildman–Crippen LogP) is 0.210. The maximum atomic E-state index is 9.87. The number of rotatable bonds is 11. The summed E-state index contributed by atoms with van der Waals surface area (Å²) in [5.74, 6) is -0.445. The molecule has 116 valence electrons. The van der Waals surface area contributed by atoms with Crippen LogP contribution in [0.25, 0.3) is 0 Å². The fraction of sp³-hybridized carbons (Fsp3) is 1.00. The Labute approximate surface area is 116 Å². The molecule has 0 radical (unpaired) electrons. The van der Waals surface area contributed by atoms with Gasteiger partial charge in [-0.15, -0.1) is 0 Å². The highest BCUT2D eigenvalue weighted by atomic mass is 16.4. The largest absolute Gasteiger partial charge is 0.396 e. The summed E-state index contributed by atoms with van der Waals surface area (Å²) in [4.78, 5) is 1.96. The molecule has 0 amide bonds. The van der Waals surface area contributed by atoms with Gasteiger partial charge in [0, 0.05) is 19.1 Å². The molecule has 0 aliphatic carbocycles. The quantitative estimate of drug-likeness (QED) is 0.406. The second kappa shape index (κ2) is 10.6. The third-order valence-corrected chi connectivity index (χ3v) is 3.51. The molecule has 0 fully saturated rings. The fourth-order valence-electron chi connectivity index (χ4n) is 2.00. The van der Waals surface area contributed by atoms with Crippen molar-refractivity contribution in [3.05, 3.63) is 0 Å². The van der Waals surface area contributed by atoms with Crippen LogP contribution in [0.1, 0.15) is 39.5 Å². The van der Waals surface area contributed by atoms with Gasteiger partial charge in [0.05, 0.1) is 12.2 Å². The van der Waals surface area contributed by atoms with E-state index in [-0.39, 0.29) is 6.61 Å². The van der Waals surface area contributed by atoms with Crippen molar-refractivity contribution in [1.82, 2.24) is 4.90 Å². The Bertz CT molecular complexity index is 216. The van der Waals surface area contributed by atoms with E-state index < -0.39 is 24.2 Å². The van der Waals surface area contributed by atoms with Crippen LogP contribution in [0.3, 0.4) is 0 Å². The molecule has 0 saturated heterocycles. The van der Waals surface area contributed by atoms with E-state index in [4.69, 9.17) is 5.11 Å². The lowest BCUT2D eigenvalue weighted by Crippen LogP contribution is -2.46. The van der Waals surface area contributed by atoms with E-state index in [1.165, 1.54) is 19.3 Å². The molecule has 0 aromatic carbocycles. The molecule has 0 unspecified atom stereocenters. The van der Waals surface area contributed by atoms with Crippen molar-refractivity contribution in [2.45, 2.75) is 57.8 Å². The summed E-state index contributed by atoms with van der Waals surface area (Å²) in [7, 11) is 1.89. The smallest absolute Gasteiger partial charge is 0.107 e. The van der Waals surface area contributed by atoms with Gasteiger partial charge in [-0.25, -0.2) is 0 Å². The number of aliphatic hydroxyl groups is 4. The summed E-state index contributed by atoms with van der Waals surface area (Å²) >= 11 is 0. The Balaban J connectivity index is 3.96. The number of nitrogens with zero attached hydrogens (tertiary/aromatic N) is 1. The average molecular weight is 277 g/mol. The van der Waals surface area contributed by atoms with Crippen LogP contribution in [0.4, 0.5) is 0 Å². The Hall–Kier alpha value is -0.200. The van der Waals surface area contributed by atoms with Gasteiger partial charge < -0.3 is 25.3 Å².